The van der Waals surface area contributed by atoms with Crippen molar-refractivity contribution in [2.75, 3.05) is 6.61 Å². The lowest BCUT2D eigenvalue weighted by molar-refractivity contribution is -0.137. The Bertz CT molecular complexity index is 1200. The maximum atomic E-state index is 11.1. The first-order valence-electron chi connectivity index (χ1n) is 12.4. The Morgan fingerprint density at radius 3 is 2.51 bits per heavy atom. The van der Waals surface area contributed by atoms with Gasteiger partial charge in [0.1, 0.15) is 23.9 Å². The van der Waals surface area contributed by atoms with Gasteiger partial charge >= 0.3 is 5.97 Å². The molecule has 5 heteroatoms. The van der Waals surface area contributed by atoms with Crippen molar-refractivity contribution in [2.45, 2.75) is 64.6 Å². The van der Waals surface area contributed by atoms with Crippen LogP contribution in [0.4, 0.5) is 0 Å². The minimum atomic E-state index is -0.812. The van der Waals surface area contributed by atoms with Crippen LogP contribution in [0.5, 0.6) is 17.2 Å². The van der Waals surface area contributed by atoms with Gasteiger partial charge in [-0.2, -0.15) is 0 Å². The van der Waals surface area contributed by atoms with Crippen molar-refractivity contribution < 1.29 is 24.1 Å². The van der Waals surface area contributed by atoms with E-state index in [0.29, 0.717) is 30.8 Å². The third-order valence-electron chi connectivity index (χ3n) is 7.02. The van der Waals surface area contributed by atoms with Crippen LogP contribution >= 0.6 is 0 Å². The number of aliphatic carboxylic acids is 1. The monoisotopic (exact) mass is 472 g/mol. The number of rotatable bonds is 8. The second-order valence-corrected chi connectivity index (χ2v) is 9.75. The molecule has 1 saturated carbocycles. The SMILES string of the molecule is Cc1cc(OC2CCCC2)cc(C)c1-c1cccc(COc2ccc3c(c2)OC[C@H]3CC(=O)O)c1. The van der Waals surface area contributed by atoms with E-state index in [1.807, 2.05) is 18.2 Å². The van der Waals surface area contributed by atoms with Crippen LogP contribution in [0.3, 0.4) is 0 Å². The van der Waals surface area contributed by atoms with Gasteiger partial charge < -0.3 is 19.3 Å². The van der Waals surface area contributed by atoms with E-state index < -0.39 is 5.97 Å². The molecule has 35 heavy (non-hydrogen) atoms. The number of aryl methyl sites for hydroxylation is 2. The highest BCUT2D eigenvalue weighted by Crippen LogP contribution is 2.38. The average molecular weight is 473 g/mol. The number of carboxylic acid groups (broad SMARTS) is 1. The van der Waals surface area contributed by atoms with Crippen LogP contribution in [0.1, 0.15) is 60.3 Å². The zero-order valence-corrected chi connectivity index (χ0v) is 20.4. The number of carbonyl (C=O) groups is 1. The van der Waals surface area contributed by atoms with Gasteiger partial charge in [0.05, 0.1) is 19.1 Å². The van der Waals surface area contributed by atoms with Crippen molar-refractivity contribution in [3.8, 4) is 28.4 Å². The predicted octanol–water partition coefficient (Wildman–Crippen LogP) is 6.82. The van der Waals surface area contributed by atoms with Crippen molar-refractivity contribution in [3.63, 3.8) is 0 Å². The highest BCUT2D eigenvalue weighted by atomic mass is 16.5. The summed E-state index contributed by atoms with van der Waals surface area (Å²) in [4.78, 5) is 11.1. The fourth-order valence-corrected chi connectivity index (χ4v) is 5.36. The van der Waals surface area contributed by atoms with Crippen LogP contribution in [0, 0.1) is 13.8 Å². The Kier molecular flexibility index (Phi) is 6.67. The highest BCUT2D eigenvalue weighted by Gasteiger charge is 2.26. The zero-order valence-electron chi connectivity index (χ0n) is 20.4. The number of hydrogen-bond acceptors (Lipinski definition) is 4. The van der Waals surface area contributed by atoms with Crippen LogP contribution < -0.4 is 14.2 Å². The molecule has 0 bridgehead atoms. The van der Waals surface area contributed by atoms with E-state index >= 15 is 0 Å². The molecule has 182 valence electrons. The van der Waals surface area contributed by atoms with E-state index in [1.165, 1.54) is 35.1 Å². The number of hydrogen-bond donors (Lipinski definition) is 1. The molecule has 0 unspecified atom stereocenters. The number of ether oxygens (including phenoxy) is 3. The summed E-state index contributed by atoms with van der Waals surface area (Å²) in [7, 11) is 0. The van der Waals surface area contributed by atoms with E-state index in [2.05, 4.69) is 50.2 Å². The van der Waals surface area contributed by atoms with Crippen molar-refractivity contribution >= 4 is 5.97 Å². The van der Waals surface area contributed by atoms with Gasteiger partial charge in [0, 0.05) is 17.5 Å². The summed E-state index contributed by atoms with van der Waals surface area (Å²) >= 11 is 0. The van der Waals surface area contributed by atoms with Gasteiger partial charge in [0.2, 0.25) is 0 Å². The van der Waals surface area contributed by atoms with Gasteiger partial charge in [-0.25, -0.2) is 0 Å². The molecule has 0 radical (unpaired) electrons. The van der Waals surface area contributed by atoms with E-state index in [0.717, 1.165) is 29.7 Å². The third-order valence-corrected chi connectivity index (χ3v) is 7.02. The maximum absolute atomic E-state index is 11.1. The lowest BCUT2D eigenvalue weighted by Gasteiger charge is -2.17. The molecule has 1 fully saturated rings. The Balaban J connectivity index is 1.28. The first kappa shape index (κ1) is 23.3. The molecule has 1 aliphatic heterocycles. The van der Waals surface area contributed by atoms with Crippen LogP contribution in [-0.2, 0) is 11.4 Å². The van der Waals surface area contributed by atoms with Gasteiger partial charge in [-0.05, 0) is 91.6 Å². The summed E-state index contributed by atoms with van der Waals surface area (Å²) in [5.74, 6) is 1.49. The van der Waals surface area contributed by atoms with Crippen molar-refractivity contribution in [1.82, 2.24) is 0 Å². The van der Waals surface area contributed by atoms with E-state index in [-0.39, 0.29) is 12.3 Å². The fraction of sp³-hybridized carbons (Fsp3) is 0.367. The summed E-state index contributed by atoms with van der Waals surface area (Å²) in [5, 5.41) is 9.09. The van der Waals surface area contributed by atoms with Gasteiger partial charge in [0.25, 0.3) is 0 Å². The Hall–Kier alpha value is -3.47. The summed E-state index contributed by atoms with van der Waals surface area (Å²) < 4.78 is 18.0. The molecule has 1 aliphatic carbocycles. The van der Waals surface area contributed by atoms with E-state index in [9.17, 15) is 4.79 Å². The van der Waals surface area contributed by atoms with Crippen LogP contribution in [0.15, 0.2) is 54.6 Å². The second kappa shape index (κ2) is 10.0. The first-order valence-corrected chi connectivity index (χ1v) is 12.4. The molecule has 1 heterocycles. The summed E-state index contributed by atoms with van der Waals surface area (Å²) in [6.45, 7) is 5.13. The maximum Gasteiger partial charge on any atom is 0.304 e. The largest absolute Gasteiger partial charge is 0.492 e. The molecular formula is C30H32O5. The molecule has 0 spiro atoms. The quantitative estimate of drug-likeness (QED) is 0.390. The molecule has 0 saturated heterocycles. The van der Waals surface area contributed by atoms with Crippen molar-refractivity contribution in [3.05, 3.63) is 76.9 Å². The first-order chi connectivity index (χ1) is 17.0. The summed E-state index contributed by atoms with van der Waals surface area (Å²) in [6.07, 6.45) is 5.26. The normalized spacial score (nSPS) is 17.1. The van der Waals surface area contributed by atoms with Crippen LogP contribution in [0.25, 0.3) is 11.1 Å². The van der Waals surface area contributed by atoms with Crippen molar-refractivity contribution in [2.24, 2.45) is 0 Å². The summed E-state index contributed by atoms with van der Waals surface area (Å²) in [5.41, 5.74) is 6.85. The molecule has 0 amide bonds. The van der Waals surface area contributed by atoms with Gasteiger partial charge in [0.15, 0.2) is 0 Å². The molecule has 5 rings (SSSR count). The number of carboxylic acids is 1. The molecule has 1 atom stereocenters. The highest BCUT2D eigenvalue weighted by molar-refractivity contribution is 5.72. The average Bonchev–Trinajstić information content (AvgIpc) is 3.47. The Morgan fingerprint density at radius 1 is 1.00 bits per heavy atom. The number of fused-ring (bicyclic) bond motifs is 1. The minimum absolute atomic E-state index is 0.0759. The third kappa shape index (κ3) is 5.29. The topological polar surface area (TPSA) is 65.0 Å². The second-order valence-electron chi connectivity index (χ2n) is 9.75. The molecule has 3 aromatic carbocycles. The van der Waals surface area contributed by atoms with E-state index in [4.69, 9.17) is 19.3 Å². The number of benzene rings is 3. The zero-order chi connectivity index (χ0) is 24.4. The fourth-order valence-electron chi connectivity index (χ4n) is 5.36. The smallest absolute Gasteiger partial charge is 0.304 e. The summed E-state index contributed by atoms with van der Waals surface area (Å²) in [6, 6.07) is 18.4. The molecule has 2 aliphatic rings. The van der Waals surface area contributed by atoms with Crippen LogP contribution in [-0.4, -0.2) is 23.8 Å². The Labute approximate surface area is 206 Å². The van der Waals surface area contributed by atoms with Crippen molar-refractivity contribution in [1.29, 1.82) is 0 Å². The molecular weight excluding hydrogens is 440 g/mol. The lowest BCUT2D eigenvalue weighted by Crippen LogP contribution is -2.11. The van der Waals surface area contributed by atoms with Gasteiger partial charge in [-0.1, -0.05) is 24.3 Å². The van der Waals surface area contributed by atoms with Gasteiger partial charge in [-0.3, -0.25) is 4.79 Å². The molecule has 1 N–H and O–H groups in total. The predicted molar refractivity (Wildman–Crippen MR) is 135 cm³/mol. The van der Waals surface area contributed by atoms with Crippen LogP contribution in [0.2, 0.25) is 0 Å². The molecule has 3 aromatic rings. The van der Waals surface area contributed by atoms with Gasteiger partial charge in [-0.15, -0.1) is 0 Å². The lowest BCUT2D eigenvalue weighted by atomic mass is 9.94. The minimum Gasteiger partial charge on any atom is -0.492 e. The molecule has 5 nitrogen and oxygen atoms in total. The molecule has 0 aromatic heterocycles. The Morgan fingerprint density at radius 2 is 1.77 bits per heavy atom. The van der Waals surface area contributed by atoms with E-state index in [1.54, 1.807) is 0 Å². The standard InChI is InChI=1S/C30H32O5/c1-19-12-26(35-24-8-3-4-9-24)13-20(2)30(19)22-7-5-6-21(14-22)17-33-25-10-11-27-23(15-29(31)32)18-34-28(27)16-25/h5-7,10-14,16,23-24H,3-4,8-9,15,17-18H2,1-2H3,(H,31,32)/t23-/m1/s1.